The van der Waals surface area contributed by atoms with E-state index in [9.17, 15) is 4.79 Å². The fourth-order valence-electron chi connectivity index (χ4n) is 1.60. The van der Waals surface area contributed by atoms with Gasteiger partial charge < -0.3 is 11.1 Å². The van der Waals surface area contributed by atoms with Crippen molar-refractivity contribution in [1.29, 1.82) is 0 Å². The van der Waals surface area contributed by atoms with Crippen molar-refractivity contribution in [1.82, 2.24) is 10.3 Å². The molecule has 3 N–H and O–H groups in total. The van der Waals surface area contributed by atoms with E-state index in [2.05, 4.69) is 10.3 Å². The third-order valence-corrected chi connectivity index (χ3v) is 2.79. The Kier molecular flexibility index (Phi) is 5.10. The van der Waals surface area contributed by atoms with Crippen LogP contribution in [0.15, 0.2) is 12.1 Å². The standard InChI is InChI=1S/C13H21N3O/c1-4-11(14)7-8-15-13(17)12-6-5-9(2)16-10(12)3/h5-6,11H,4,7-8,14H2,1-3H3,(H,15,17). The Bertz CT molecular complexity index is 390. The zero-order chi connectivity index (χ0) is 12.8. The number of nitrogens with zero attached hydrogens (tertiary/aromatic N) is 1. The van der Waals surface area contributed by atoms with E-state index in [0.29, 0.717) is 12.1 Å². The van der Waals surface area contributed by atoms with E-state index < -0.39 is 0 Å². The van der Waals surface area contributed by atoms with Crippen molar-refractivity contribution in [2.75, 3.05) is 6.54 Å². The number of aromatic nitrogens is 1. The third-order valence-electron chi connectivity index (χ3n) is 2.79. The van der Waals surface area contributed by atoms with E-state index in [4.69, 9.17) is 5.73 Å². The summed E-state index contributed by atoms with van der Waals surface area (Å²) < 4.78 is 0. The van der Waals surface area contributed by atoms with E-state index in [0.717, 1.165) is 24.2 Å². The second kappa shape index (κ2) is 6.35. The Balaban J connectivity index is 2.52. The summed E-state index contributed by atoms with van der Waals surface area (Å²) in [5.74, 6) is -0.0710. The lowest BCUT2D eigenvalue weighted by Gasteiger charge is -2.10. The van der Waals surface area contributed by atoms with Crippen molar-refractivity contribution in [3.63, 3.8) is 0 Å². The second-order valence-electron chi connectivity index (χ2n) is 4.30. The van der Waals surface area contributed by atoms with Crippen LogP contribution in [0.5, 0.6) is 0 Å². The number of amides is 1. The smallest absolute Gasteiger partial charge is 0.253 e. The molecular formula is C13H21N3O. The average Bonchev–Trinajstić information content (AvgIpc) is 2.28. The molecule has 0 aliphatic heterocycles. The van der Waals surface area contributed by atoms with Crippen LogP contribution in [0.2, 0.25) is 0 Å². The van der Waals surface area contributed by atoms with Crippen molar-refractivity contribution < 1.29 is 4.79 Å². The SMILES string of the molecule is CCC(N)CCNC(=O)c1ccc(C)nc1C. The van der Waals surface area contributed by atoms with Gasteiger partial charge in [-0.1, -0.05) is 6.92 Å². The number of nitrogens with one attached hydrogen (secondary N) is 1. The minimum atomic E-state index is -0.0710. The number of carbonyl (C=O) groups excluding carboxylic acids is 1. The van der Waals surface area contributed by atoms with Crippen LogP contribution in [0.3, 0.4) is 0 Å². The maximum atomic E-state index is 11.9. The number of pyridine rings is 1. The highest BCUT2D eigenvalue weighted by atomic mass is 16.1. The molecule has 1 aromatic heterocycles. The summed E-state index contributed by atoms with van der Waals surface area (Å²) in [6.07, 6.45) is 1.74. The second-order valence-corrected chi connectivity index (χ2v) is 4.30. The molecule has 1 aromatic rings. The van der Waals surface area contributed by atoms with Gasteiger partial charge in [0.1, 0.15) is 0 Å². The summed E-state index contributed by atoms with van der Waals surface area (Å²) in [6.45, 7) is 6.41. The fourth-order valence-corrected chi connectivity index (χ4v) is 1.60. The number of rotatable bonds is 5. The zero-order valence-electron chi connectivity index (χ0n) is 10.8. The van der Waals surface area contributed by atoms with Gasteiger partial charge in [-0.25, -0.2) is 0 Å². The summed E-state index contributed by atoms with van der Waals surface area (Å²) in [7, 11) is 0. The number of hydrogen-bond acceptors (Lipinski definition) is 3. The van der Waals surface area contributed by atoms with Crippen molar-refractivity contribution >= 4 is 5.91 Å². The Morgan fingerprint density at radius 1 is 1.47 bits per heavy atom. The molecule has 0 bridgehead atoms. The van der Waals surface area contributed by atoms with Crippen LogP contribution in [0.4, 0.5) is 0 Å². The Morgan fingerprint density at radius 2 is 2.18 bits per heavy atom. The van der Waals surface area contributed by atoms with Crippen LogP contribution in [0.1, 0.15) is 41.5 Å². The number of nitrogens with two attached hydrogens (primary N) is 1. The van der Waals surface area contributed by atoms with Crippen molar-refractivity contribution in [2.24, 2.45) is 5.73 Å². The predicted molar refractivity (Wildman–Crippen MR) is 68.9 cm³/mol. The first-order valence-electron chi connectivity index (χ1n) is 6.02. The molecule has 0 aliphatic rings. The molecule has 0 fully saturated rings. The molecular weight excluding hydrogens is 214 g/mol. The van der Waals surface area contributed by atoms with Crippen LogP contribution in [0.25, 0.3) is 0 Å². The predicted octanol–water partition coefficient (Wildman–Crippen LogP) is 1.56. The Hall–Kier alpha value is -1.42. The molecule has 4 nitrogen and oxygen atoms in total. The number of aryl methyl sites for hydroxylation is 2. The highest BCUT2D eigenvalue weighted by Crippen LogP contribution is 2.06. The summed E-state index contributed by atoms with van der Waals surface area (Å²) >= 11 is 0. The quantitative estimate of drug-likeness (QED) is 0.813. The highest BCUT2D eigenvalue weighted by molar-refractivity contribution is 5.95. The molecule has 0 aromatic carbocycles. The van der Waals surface area contributed by atoms with Crippen LogP contribution >= 0.6 is 0 Å². The van der Waals surface area contributed by atoms with Gasteiger partial charge >= 0.3 is 0 Å². The normalized spacial score (nSPS) is 12.2. The molecule has 1 atom stereocenters. The molecule has 17 heavy (non-hydrogen) atoms. The minimum absolute atomic E-state index is 0.0710. The van der Waals surface area contributed by atoms with Gasteiger partial charge in [-0.3, -0.25) is 9.78 Å². The summed E-state index contributed by atoms with van der Waals surface area (Å²) in [4.78, 5) is 16.1. The lowest BCUT2D eigenvalue weighted by molar-refractivity contribution is 0.0951. The van der Waals surface area contributed by atoms with Crippen LogP contribution in [-0.4, -0.2) is 23.5 Å². The molecule has 0 saturated carbocycles. The topological polar surface area (TPSA) is 68.0 Å². The fraction of sp³-hybridized carbons (Fsp3) is 0.538. The first-order valence-corrected chi connectivity index (χ1v) is 6.02. The first kappa shape index (κ1) is 13.6. The molecule has 0 radical (unpaired) electrons. The van der Waals surface area contributed by atoms with Gasteiger partial charge in [-0.2, -0.15) is 0 Å². The van der Waals surface area contributed by atoms with Crippen molar-refractivity contribution in [3.05, 3.63) is 29.1 Å². The largest absolute Gasteiger partial charge is 0.352 e. The van der Waals surface area contributed by atoms with Crippen LogP contribution < -0.4 is 11.1 Å². The van der Waals surface area contributed by atoms with Crippen LogP contribution in [0, 0.1) is 13.8 Å². The van der Waals surface area contributed by atoms with E-state index in [-0.39, 0.29) is 11.9 Å². The molecule has 4 heteroatoms. The molecule has 0 saturated heterocycles. The summed E-state index contributed by atoms with van der Waals surface area (Å²) in [6, 6.07) is 3.82. The lowest BCUT2D eigenvalue weighted by Crippen LogP contribution is -2.30. The van der Waals surface area contributed by atoms with Crippen LogP contribution in [-0.2, 0) is 0 Å². The highest BCUT2D eigenvalue weighted by Gasteiger charge is 2.09. The maximum Gasteiger partial charge on any atom is 0.253 e. The Labute approximate surface area is 103 Å². The first-order chi connectivity index (χ1) is 8.04. The van der Waals surface area contributed by atoms with Gasteiger partial charge in [0, 0.05) is 18.3 Å². The molecule has 1 unspecified atom stereocenters. The number of carbonyl (C=O) groups is 1. The zero-order valence-corrected chi connectivity index (χ0v) is 10.8. The molecule has 1 rings (SSSR count). The number of hydrogen-bond donors (Lipinski definition) is 2. The summed E-state index contributed by atoms with van der Waals surface area (Å²) in [5, 5.41) is 2.87. The van der Waals surface area contributed by atoms with Gasteiger partial charge in [0.15, 0.2) is 0 Å². The average molecular weight is 235 g/mol. The Morgan fingerprint density at radius 3 is 2.76 bits per heavy atom. The minimum Gasteiger partial charge on any atom is -0.352 e. The van der Waals surface area contributed by atoms with E-state index in [1.165, 1.54) is 0 Å². The molecule has 0 spiro atoms. The van der Waals surface area contributed by atoms with E-state index in [1.807, 2.05) is 32.9 Å². The van der Waals surface area contributed by atoms with E-state index >= 15 is 0 Å². The lowest BCUT2D eigenvalue weighted by atomic mass is 10.1. The van der Waals surface area contributed by atoms with Crippen molar-refractivity contribution in [3.8, 4) is 0 Å². The van der Waals surface area contributed by atoms with Gasteiger partial charge in [0.2, 0.25) is 0 Å². The molecule has 94 valence electrons. The molecule has 0 aliphatic carbocycles. The maximum absolute atomic E-state index is 11.9. The van der Waals surface area contributed by atoms with Gasteiger partial charge in [0.25, 0.3) is 5.91 Å². The van der Waals surface area contributed by atoms with Gasteiger partial charge in [-0.05, 0) is 38.8 Å². The van der Waals surface area contributed by atoms with Crippen molar-refractivity contribution in [2.45, 2.75) is 39.7 Å². The van der Waals surface area contributed by atoms with E-state index in [1.54, 1.807) is 0 Å². The van der Waals surface area contributed by atoms with Gasteiger partial charge in [0.05, 0.1) is 11.3 Å². The monoisotopic (exact) mass is 235 g/mol. The molecule has 1 heterocycles. The molecule has 1 amide bonds. The summed E-state index contributed by atoms with van der Waals surface area (Å²) in [5.41, 5.74) is 8.11. The third kappa shape index (κ3) is 4.15. The van der Waals surface area contributed by atoms with Gasteiger partial charge in [-0.15, -0.1) is 0 Å².